The molecule has 0 saturated heterocycles. The number of carbonyl (C=O) groups excluding carboxylic acids is 3. The number of amides is 3. The highest BCUT2D eigenvalue weighted by atomic mass is 16.5. The van der Waals surface area contributed by atoms with Crippen LogP contribution >= 0.6 is 0 Å². The fraction of sp³-hybridized carbons (Fsp3) is 0.700. The summed E-state index contributed by atoms with van der Waals surface area (Å²) in [7, 11) is 0. The van der Waals surface area contributed by atoms with E-state index >= 15 is 0 Å². The van der Waals surface area contributed by atoms with E-state index in [4.69, 9.17) is 19.3 Å². The molecule has 10 heteroatoms. The van der Waals surface area contributed by atoms with Crippen LogP contribution in [0.15, 0.2) is 24.3 Å². The van der Waals surface area contributed by atoms with Crippen LogP contribution in [0.5, 0.6) is 5.75 Å². The first-order chi connectivity index (χ1) is 19.5. The first-order valence-corrected chi connectivity index (χ1v) is 14.9. The lowest BCUT2D eigenvalue weighted by atomic mass is 10.1. The predicted octanol–water partition coefficient (Wildman–Crippen LogP) is 3.36. The Kier molecular flexibility index (Phi) is 21.3. The number of hydrogen-bond acceptors (Lipinski definition) is 7. The van der Waals surface area contributed by atoms with Crippen molar-refractivity contribution < 1.29 is 33.7 Å². The number of ether oxygens (including phenoxy) is 3. The number of benzene rings is 1. The summed E-state index contributed by atoms with van der Waals surface area (Å²) in [6, 6.07) is 5.84. The van der Waals surface area contributed by atoms with E-state index in [-0.39, 0.29) is 37.2 Å². The van der Waals surface area contributed by atoms with Gasteiger partial charge in [0.15, 0.2) is 0 Å². The largest absolute Gasteiger partial charge is 0.491 e. The van der Waals surface area contributed by atoms with Crippen LogP contribution in [0.3, 0.4) is 0 Å². The molecule has 1 aromatic carbocycles. The van der Waals surface area contributed by atoms with Crippen molar-refractivity contribution in [2.75, 3.05) is 52.7 Å². The SMILES string of the molecule is CCCCCCNC(=O)CCC(NC(=O)c1ccc(OCCOCCOCCO)cc1)C(=O)NCCCCCC. The molecule has 3 amide bonds. The van der Waals surface area contributed by atoms with Crippen LogP contribution in [0.2, 0.25) is 0 Å². The molecule has 0 radical (unpaired) electrons. The third-order valence-corrected chi connectivity index (χ3v) is 6.18. The molecular formula is C30H51N3O7. The summed E-state index contributed by atoms with van der Waals surface area (Å²) in [4.78, 5) is 38.1. The molecule has 0 saturated carbocycles. The molecule has 1 rings (SSSR count). The van der Waals surface area contributed by atoms with Gasteiger partial charge in [0.1, 0.15) is 18.4 Å². The molecule has 1 atom stereocenters. The zero-order chi connectivity index (χ0) is 29.3. The number of hydrogen-bond donors (Lipinski definition) is 4. The number of nitrogens with one attached hydrogen (secondary N) is 3. The van der Waals surface area contributed by atoms with Crippen LogP contribution in [0.25, 0.3) is 0 Å². The van der Waals surface area contributed by atoms with Crippen molar-refractivity contribution in [3.63, 3.8) is 0 Å². The molecule has 40 heavy (non-hydrogen) atoms. The number of rotatable bonds is 25. The molecule has 228 valence electrons. The molecule has 1 aromatic rings. The van der Waals surface area contributed by atoms with Crippen molar-refractivity contribution in [2.45, 2.75) is 84.1 Å². The van der Waals surface area contributed by atoms with E-state index in [9.17, 15) is 14.4 Å². The zero-order valence-corrected chi connectivity index (χ0v) is 24.5. The van der Waals surface area contributed by atoms with Gasteiger partial charge in [-0.3, -0.25) is 14.4 Å². The van der Waals surface area contributed by atoms with E-state index in [1.165, 1.54) is 0 Å². The lowest BCUT2D eigenvalue weighted by Gasteiger charge is -2.19. The fourth-order valence-electron chi connectivity index (χ4n) is 3.85. The van der Waals surface area contributed by atoms with Crippen LogP contribution in [0, 0.1) is 0 Å². The Balaban J connectivity index is 2.55. The molecule has 0 spiro atoms. The minimum absolute atomic E-state index is 0.0134. The maximum Gasteiger partial charge on any atom is 0.251 e. The molecule has 0 heterocycles. The topological polar surface area (TPSA) is 135 Å². The molecule has 0 aliphatic rings. The highest BCUT2D eigenvalue weighted by molar-refractivity contribution is 5.97. The minimum Gasteiger partial charge on any atom is -0.491 e. The summed E-state index contributed by atoms with van der Waals surface area (Å²) < 4.78 is 16.1. The van der Waals surface area contributed by atoms with Crippen molar-refractivity contribution in [3.05, 3.63) is 29.8 Å². The summed E-state index contributed by atoms with van der Waals surface area (Å²) >= 11 is 0. The molecule has 0 aliphatic carbocycles. The van der Waals surface area contributed by atoms with Gasteiger partial charge >= 0.3 is 0 Å². The lowest BCUT2D eigenvalue weighted by molar-refractivity contribution is -0.124. The van der Waals surface area contributed by atoms with Gasteiger partial charge in [-0.2, -0.15) is 0 Å². The maximum atomic E-state index is 12.9. The highest BCUT2D eigenvalue weighted by Gasteiger charge is 2.22. The third kappa shape index (κ3) is 17.8. The monoisotopic (exact) mass is 565 g/mol. The maximum absolute atomic E-state index is 12.9. The highest BCUT2D eigenvalue weighted by Crippen LogP contribution is 2.13. The molecule has 4 N–H and O–H groups in total. The van der Waals surface area contributed by atoms with Gasteiger partial charge in [-0.25, -0.2) is 0 Å². The smallest absolute Gasteiger partial charge is 0.251 e. The van der Waals surface area contributed by atoms with Crippen LogP contribution in [-0.2, 0) is 19.1 Å². The van der Waals surface area contributed by atoms with Gasteiger partial charge in [0.05, 0.1) is 33.0 Å². The van der Waals surface area contributed by atoms with E-state index in [1.807, 2.05) is 0 Å². The number of carbonyl (C=O) groups is 3. The second-order valence-corrected chi connectivity index (χ2v) is 9.65. The Labute approximate surface area is 239 Å². The molecule has 0 aliphatic heterocycles. The fourth-order valence-corrected chi connectivity index (χ4v) is 3.85. The summed E-state index contributed by atoms with van der Waals surface area (Å²) in [6.45, 7) is 7.26. The third-order valence-electron chi connectivity index (χ3n) is 6.18. The van der Waals surface area contributed by atoms with Crippen LogP contribution in [0.4, 0.5) is 0 Å². The van der Waals surface area contributed by atoms with Crippen molar-refractivity contribution in [2.24, 2.45) is 0 Å². The number of aliphatic hydroxyl groups is 1. The Morgan fingerprint density at radius 3 is 2.00 bits per heavy atom. The lowest BCUT2D eigenvalue weighted by Crippen LogP contribution is -2.47. The Bertz CT molecular complexity index is 805. The predicted molar refractivity (Wildman–Crippen MR) is 155 cm³/mol. The van der Waals surface area contributed by atoms with Gasteiger partial charge in [0.2, 0.25) is 11.8 Å². The average Bonchev–Trinajstić information content (AvgIpc) is 2.96. The van der Waals surface area contributed by atoms with Crippen molar-refractivity contribution in [1.82, 2.24) is 16.0 Å². The van der Waals surface area contributed by atoms with Gasteiger partial charge in [-0.15, -0.1) is 0 Å². The first-order valence-electron chi connectivity index (χ1n) is 14.9. The van der Waals surface area contributed by atoms with Crippen molar-refractivity contribution in [1.29, 1.82) is 0 Å². The molecule has 0 bridgehead atoms. The molecule has 1 unspecified atom stereocenters. The van der Waals surface area contributed by atoms with Crippen LogP contribution in [-0.4, -0.2) is 81.6 Å². The standard InChI is InChI=1S/C30H51N3O7/c1-3-5-7-9-17-31-28(35)16-15-27(30(37)32-18-10-8-6-4-2)33-29(36)25-11-13-26(14-12-25)40-24-23-39-22-21-38-20-19-34/h11-14,27,34H,3-10,15-24H2,1-2H3,(H,31,35)(H,32,37)(H,33,36). The molecule has 0 aromatic heterocycles. The normalized spacial score (nSPS) is 11.6. The molecule has 10 nitrogen and oxygen atoms in total. The zero-order valence-electron chi connectivity index (χ0n) is 24.5. The van der Waals surface area contributed by atoms with Gasteiger partial charge < -0.3 is 35.3 Å². The van der Waals surface area contributed by atoms with E-state index < -0.39 is 6.04 Å². The first kappa shape index (κ1) is 35.3. The summed E-state index contributed by atoms with van der Waals surface area (Å²) in [5, 5.41) is 17.3. The quantitative estimate of drug-likeness (QED) is 0.134. The number of unbranched alkanes of at least 4 members (excludes halogenated alkanes) is 6. The average molecular weight is 566 g/mol. The van der Waals surface area contributed by atoms with Gasteiger partial charge in [-0.05, 0) is 43.5 Å². The number of aliphatic hydroxyl groups excluding tert-OH is 1. The van der Waals surface area contributed by atoms with E-state index in [0.717, 1.165) is 51.4 Å². The molecule has 0 fully saturated rings. The minimum atomic E-state index is -0.807. The van der Waals surface area contributed by atoms with Crippen LogP contribution < -0.4 is 20.7 Å². The van der Waals surface area contributed by atoms with Gasteiger partial charge in [0.25, 0.3) is 5.91 Å². The van der Waals surface area contributed by atoms with Gasteiger partial charge in [0, 0.05) is 25.1 Å². The Hall–Kier alpha value is -2.69. The Morgan fingerprint density at radius 1 is 0.775 bits per heavy atom. The summed E-state index contributed by atoms with van der Waals surface area (Å²) in [6.07, 6.45) is 8.81. The van der Waals surface area contributed by atoms with Gasteiger partial charge in [-0.1, -0.05) is 52.4 Å². The summed E-state index contributed by atoms with van der Waals surface area (Å²) in [5.41, 5.74) is 0.394. The Morgan fingerprint density at radius 2 is 1.38 bits per heavy atom. The van der Waals surface area contributed by atoms with E-state index in [1.54, 1.807) is 24.3 Å². The van der Waals surface area contributed by atoms with E-state index in [0.29, 0.717) is 57.4 Å². The summed E-state index contributed by atoms with van der Waals surface area (Å²) in [5.74, 6) is -0.186. The van der Waals surface area contributed by atoms with Crippen LogP contribution in [0.1, 0.15) is 88.4 Å². The van der Waals surface area contributed by atoms with Crippen molar-refractivity contribution in [3.8, 4) is 5.75 Å². The van der Waals surface area contributed by atoms with Crippen molar-refractivity contribution >= 4 is 17.7 Å². The van der Waals surface area contributed by atoms with E-state index in [2.05, 4.69) is 29.8 Å². The second-order valence-electron chi connectivity index (χ2n) is 9.65. The molecular weight excluding hydrogens is 514 g/mol. The second kappa shape index (κ2) is 24.1.